The molecule has 96 valence electrons. The molecule has 1 aromatic rings. The molecule has 17 heavy (non-hydrogen) atoms. The topological polar surface area (TPSA) is 0 Å². The Hall–Kier alpha value is 0.210. The summed E-state index contributed by atoms with van der Waals surface area (Å²) in [5.41, 5.74) is 0.481. The second kappa shape index (κ2) is 6.96. The Bertz CT molecular complexity index is 364. The smallest absolute Gasteiger partial charge is 0.127 e. The molecule has 0 aliphatic heterocycles. The molecule has 0 N–H and O–H groups in total. The van der Waals surface area contributed by atoms with E-state index in [0.717, 1.165) is 17.3 Å². The molecule has 0 amide bonds. The van der Waals surface area contributed by atoms with Crippen LogP contribution in [0.2, 0.25) is 0 Å². The highest BCUT2D eigenvalue weighted by atomic mass is 79.9. The van der Waals surface area contributed by atoms with Gasteiger partial charge < -0.3 is 0 Å². The van der Waals surface area contributed by atoms with Crippen LogP contribution in [0, 0.1) is 11.2 Å². The summed E-state index contributed by atoms with van der Waals surface area (Å²) in [6, 6.07) is 5.12. The maximum atomic E-state index is 13.8. The van der Waals surface area contributed by atoms with Crippen molar-refractivity contribution in [2.75, 3.05) is 11.8 Å². The molecule has 0 saturated heterocycles. The predicted octanol–water partition coefficient (Wildman–Crippen LogP) is 5.39. The molecule has 0 heterocycles. The lowest BCUT2D eigenvalue weighted by Crippen LogP contribution is -2.28. The number of alkyl halides is 2. The van der Waals surface area contributed by atoms with Crippen LogP contribution in [0.25, 0.3) is 0 Å². The molecule has 0 saturated carbocycles. The van der Waals surface area contributed by atoms with E-state index in [4.69, 9.17) is 23.2 Å². The standard InChI is InChI=1S/C13H16BrCl2F/c1-2-5-13(8-15,9-16)7-10-3-4-11(14)6-12(10)17/h3-4,6H,2,5,7-9H2,1H3. The van der Waals surface area contributed by atoms with Crippen LogP contribution in [0.5, 0.6) is 0 Å². The van der Waals surface area contributed by atoms with Crippen molar-refractivity contribution in [2.24, 2.45) is 5.41 Å². The molecule has 0 atom stereocenters. The second-order valence-electron chi connectivity index (χ2n) is 4.43. The highest BCUT2D eigenvalue weighted by Crippen LogP contribution is 2.33. The summed E-state index contributed by atoms with van der Waals surface area (Å²) in [7, 11) is 0. The highest BCUT2D eigenvalue weighted by molar-refractivity contribution is 9.10. The Morgan fingerprint density at radius 1 is 1.29 bits per heavy atom. The second-order valence-corrected chi connectivity index (χ2v) is 5.88. The fourth-order valence-electron chi connectivity index (χ4n) is 1.95. The minimum Gasteiger partial charge on any atom is -0.207 e. The van der Waals surface area contributed by atoms with Crippen LogP contribution in [0.15, 0.2) is 22.7 Å². The van der Waals surface area contributed by atoms with Gasteiger partial charge in [-0.05, 0) is 30.5 Å². The van der Waals surface area contributed by atoms with Crippen molar-refractivity contribution in [1.29, 1.82) is 0 Å². The quantitative estimate of drug-likeness (QED) is 0.608. The summed E-state index contributed by atoms with van der Waals surface area (Å²) >= 11 is 15.3. The van der Waals surface area contributed by atoms with Gasteiger partial charge in [0.1, 0.15) is 5.82 Å². The van der Waals surface area contributed by atoms with Gasteiger partial charge in [-0.3, -0.25) is 0 Å². The van der Waals surface area contributed by atoms with Gasteiger partial charge in [-0.1, -0.05) is 35.3 Å². The molecule has 4 heteroatoms. The Labute approximate surface area is 121 Å². The molecule has 0 radical (unpaired) electrons. The van der Waals surface area contributed by atoms with Crippen LogP contribution in [-0.2, 0) is 6.42 Å². The minimum atomic E-state index is -0.202. The van der Waals surface area contributed by atoms with E-state index in [0.29, 0.717) is 23.7 Å². The van der Waals surface area contributed by atoms with Gasteiger partial charge in [0, 0.05) is 21.6 Å². The van der Waals surface area contributed by atoms with Crippen molar-refractivity contribution in [3.63, 3.8) is 0 Å². The number of benzene rings is 1. The zero-order valence-corrected chi connectivity index (χ0v) is 12.9. The monoisotopic (exact) mass is 340 g/mol. The lowest BCUT2D eigenvalue weighted by Gasteiger charge is -2.29. The molecule has 0 unspecified atom stereocenters. The summed E-state index contributed by atoms with van der Waals surface area (Å²) in [4.78, 5) is 0. The van der Waals surface area contributed by atoms with E-state index in [1.807, 2.05) is 6.07 Å². The molecular formula is C13H16BrCl2F. The van der Waals surface area contributed by atoms with Crippen molar-refractivity contribution in [3.8, 4) is 0 Å². The van der Waals surface area contributed by atoms with Gasteiger partial charge in [-0.2, -0.15) is 0 Å². The molecule has 1 aromatic carbocycles. The lowest BCUT2D eigenvalue weighted by atomic mass is 9.81. The van der Waals surface area contributed by atoms with Crippen LogP contribution in [0.1, 0.15) is 25.3 Å². The SMILES string of the molecule is CCCC(CCl)(CCl)Cc1ccc(Br)cc1F. The normalized spacial score (nSPS) is 11.8. The summed E-state index contributed by atoms with van der Waals surface area (Å²) in [5.74, 6) is 0.717. The van der Waals surface area contributed by atoms with Crippen molar-refractivity contribution < 1.29 is 4.39 Å². The van der Waals surface area contributed by atoms with E-state index >= 15 is 0 Å². The van der Waals surface area contributed by atoms with Gasteiger partial charge in [-0.25, -0.2) is 4.39 Å². The molecule has 0 bridgehead atoms. The van der Waals surface area contributed by atoms with Crippen LogP contribution in [0.3, 0.4) is 0 Å². The van der Waals surface area contributed by atoms with Crippen LogP contribution in [-0.4, -0.2) is 11.8 Å². The maximum absolute atomic E-state index is 13.8. The third kappa shape index (κ3) is 4.11. The molecular weight excluding hydrogens is 326 g/mol. The molecule has 1 rings (SSSR count). The first-order valence-electron chi connectivity index (χ1n) is 5.63. The summed E-state index contributed by atoms with van der Waals surface area (Å²) in [6.07, 6.45) is 2.50. The van der Waals surface area contributed by atoms with Gasteiger partial charge in [0.25, 0.3) is 0 Å². The summed E-state index contributed by atoms with van der Waals surface area (Å²) in [5, 5.41) is 0. The van der Waals surface area contributed by atoms with Crippen molar-refractivity contribution in [2.45, 2.75) is 26.2 Å². The predicted molar refractivity (Wildman–Crippen MR) is 76.6 cm³/mol. The van der Waals surface area contributed by atoms with E-state index in [9.17, 15) is 4.39 Å². The molecule has 0 fully saturated rings. The van der Waals surface area contributed by atoms with E-state index in [1.165, 1.54) is 6.07 Å². The van der Waals surface area contributed by atoms with Gasteiger partial charge in [0.05, 0.1) is 0 Å². The zero-order valence-electron chi connectivity index (χ0n) is 9.78. The Morgan fingerprint density at radius 3 is 2.41 bits per heavy atom. The van der Waals surface area contributed by atoms with Crippen LogP contribution >= 0.6 is 39.1 Å². The fraction of sp³-hybridized carbons (Fsp3) is 0.538. The van der Waals surface area contributed by atoms with Crippen LogP contribution in [0.4, 0.5) is 4.39 Å². The summed E-state index contributed by atoms with van der Waals surface area (Å²) < 4.78 is 14.5. The average molecular weight is 342 g/mol. The fourth-order valence-corrected chi connectivity index (χ4v) is 3.03. The molecule has 0 spiro atoms. The van der Waals surface area contributed by atoms with Gasteiger partial charge in [0.2, 0.25) is 0 Å². The Kier molecular flexibility index (Phi) is 6.25. The molecule has 0 aliphatic carbocycles. The third-order valence-corrected chi connectivity index (χ3v) is 4.55. The maximum Gasteiger partial charge on any atom is 0.127 e. The van der Waals surface area contributed by atoms with Crippen molar-refractivity contribution in [3.05, 3.63) is 34.1 Å². The van der Waals surface area contributed by atoms with E-state index in [2.05, 4.69) is 22.9 Å². The first-order chi connectivity index (χ1) is 8.06. The Morgan fingerprint density at radius 2 is 1.94 bits per heavy atom. The molecule has 0 aromatic heterocycles. The lowest BCUT2D eigenvalue weighted by molar-refractivity contribution is 0.336. The number of hydrogen-bond acceptors (Lipinski definition) is 0. The van der Waals surface area contributed by atoms with E-state index in [1.54, 1.807) is 6.07 Å². The van der Waals surface area contributed by atoms with Crippen molar-refractivity contribution >= 4 is 39.1 Å². The van der Waals surface area contributed by atoms with E-state index < -0.39 is 0 Å². The number of hydrogen-bond donors (Lipinski definition) is 0. The van der Waals surface area contributed by atoms with Crippen LogP contribution < -0.4 is 0 Å². The van der Waals surface area contributed by atoms with Gasteiger partial charge in [0.15, 0.2) is 0 Å². The first-order valence-corrected chi connectivity index (χ1v) is 7.49. The average Bonchev–Trinajstić information content (AvgIpc) is 2.32. The Balaban J connectivity index is 2.92. The third-order valence-electron chi connectivity index (χ3n) is 2.93. The molecule has 0 nitrogen and oxygen atoms in total. The van der Waals surface area contributed by atoms with E-state index in [-0.39, 0.29) is 11.2 Å². The minimum absolute atomic E-state index is 0.199. The van der Waals surface area contributed by atoms with Gasteiger partial charge >= 0.3 is 0 Å². The highest BCUT2D eigenvalue weighted by Gasteiger charge is 2.28. The zero-order chi connectivity index (χ0) is 12.9. The largest absolute Gasteiger partial charge is 0.207 e. The number of rotatable bonds is 6. The van der Waals surface area contributed by atoms with Gasteiger partial charge in [-0.15, -0.1) is 23.2 Å². The molecule has 0 aliphatic rings. The first kappa shape index (κ1) is 15.3. The number of halogens is 4. The summed E-state index contributed by atoms with van der Waals surface area (Å²) in [6.45, 7) is 2.09. The van der Waals surface area contributed by atoms with Crippen molar-refractivity contribution in [1.82, 2.24) is 0 Å².